The number of rotatable bonds is 3. The number of halogens is 1. The van der Waals surface area contributed by atoms with Gasteiger partial charge in [0, 0.05) is 24.5 Å². The molecule has 1 fully saturated rings. The van der Waals surface area contributed by atoms with E-state index < -0.39 is 17.8 Å². The fraction of sp³-hybridized carbons (Fsp3) is 0.200. The third-order valence-electron chi connectivity index (χ3n) is 3.42. The van der Waals surface area contributed by atoms with Crippen LogP contribution in [0.4, 0.5) is 10.1 Å². The molecule has 0 spiro atoms. The van der Waals surface area contributed by atoms with Crippen molar-refractivity contribution in [3.63, 3.8) is 0 Å². The summed E-state index contributed by atoms with van der Waals surface area (Å²) in [6.45, 7) is 0. The average Bonchev–Trinajstić information content (AvgIpc) is 3.12. The van der Waals surface area contributed by atoms with E-state index in [-0.39, 0.29) is 11.6 Å². The van der Waals surface area contributed by atoms with Gasteiger partial charge in [0.1, 0.15) is 11.9 Å². The van der Waals surface area contributed by atoms with E-state index in [2.05, 4.69) is 10.6 Å². The van der Waals surface area contributed by atoms with Gasteiger partial charge in [-0.1, -0.05) is 0 Å². The van der Waals surface area contributed by atoms with Gasteiger partial charge in [-0.3, -0.25) is 9.59 Å². The summed E-state index contributed by atoms with van der Waals surface area (Å²) in [5.41, 5.74) is 0.847. The Balaban J connectivity index is 1.80. The first-order valence-electron chi connectivity index (χ1n) is 6.66. The molecule has 1 atom stereocenters. The van der Waals surface area contributed by atoms with Crippen molar-refractivity contribution < 1.29 is 14.0 Å². The van der Waals surface area contributed by atoms with E-state index in [0.717, 1.165) is 5.69 Å². The van der Waals surface area contributed by atoms with Gasteiger partial charge in [-0.05, 0) is 36.8 Å². The molecule has 1 saturated heterocycles. The van der Waals surface area contributed by atoms with Gasteiger partial charge in [0.2, 0.25) is 11.8 Å². The van der Waals surface area contributed by atoms with E-state index in [1.54, 1.807) is 12.1 Å². The van der Waals surface area contributed by atoms with Gasteiger partial charge in [-0.15, -0.1) is 0 Å². The number of nitrogens with one attached hydrogen (secondary N) is 2. The molecule has 108 valence electrons. The zero-order valence-electron chi connectivity index (χ0n) is 11.2. The smallest absolute Gasteiger partial charge is 0.247 e. The van der Waals surface area contributed by atoms with Gasteiger partial charge in [0.15, 0.2) is 0 Å². The van der Waals surface area contributed by atoms with Crippen molar-refractivity contribution in [2.75, 3.05) is 5.32 Å². The number of hydrogen-bond acceptors (Lipinski definition) is 2. The summed E-state index contributed by atoms with van der Waals surface area (Å²) < 4.78 is 15.6. The SMILES string of the molecule is O=C1CCC(C(=O)Nc2cc(-n3cccc3)ccc2F)N1. The maximum absolute atomic E-state index is 13.8. The molecule has 1 aliphatic heterocycles. The molecule has 1 aromatic carbocycles. The summed E-state index contributed by atoms with van der Waals surface area (Å²) in [4.78, 5) is 23.1. The third kappa shape index (κ3) is 2.79. The zero-order chi connectivity index (χ0) is 14.8. The van der Waals surface area contributed by atoms with E-state index in [0.29, 0.717) is 12.8 Å². The number of anilines is 1. The number of aromatic nitrogens is 1. The number of nitrogens with zero attached hydrogens (tertiary/aromatic N) is 1. The predicted molar refractivity (Wildman–Crippen MR) is 75.5 cm³/mol. The first-order valence-corrected chi connectivity index (χ1v) is 6.66. The molecule has 0 bridgehead atoms. The van der Waals surface area contributed by atoms with E-state index in [1.165, 1.54) is 6.07 Å². The molecule has 5 nitrogen and oxygen atoms in total. The number of carbonyl (C=O) groups is 2. The minimum absolute atomic E-state index is 0.104. The van der Waals surface area contributed by atoms with Crippen molar-refractivity contribution in [2.45, 2.75) is 18.9 Å². The highest BCUT2D eigenvalue weighted by Crippen LogP contribution is 2.20. The molecule has 1 aromatic heterocycles. The van der Waals surface area contributed by atoms with Crippen LogP contribution < -0.4 is 10.6 Å². The minimum Gasteiger partial charge on any atom is -0.344 e. The molecule has 1 aliphatic rings. The summed E-state index contributed by atoms with van der Waals surface area (Å²) in [5.74, 6) is -1.07. The number of amides is 2. The average molecular weight is 287 g/mol. The topological polar surface area (TPSA) is 63.1 Å². The monoisotopic (exact) mass is 287 g/mol. The lowest BCUT2D eigenvalue weighted by Crippen LogP contribution is -2.37. The highest BCUT2D eigenvalue weighted by molar-refractivity contribution is 5.99. The number of benzene rings is 1. The second kappa shape index (κ2) is 5.40. The molecular formula is C15H14FN3O2. The third-order valence-corrected chi connectivity index (χ3v) is 3.42. The molecule has 2 heterocycles. The Morgan fingerprint density at radius 2 is 2.10 bits per heavy atom. The molecule has 0 aliphatic carbocycles. The molecule has 2 aromatic rings. The lowest BCUT2D eigenvalue weighted by molar-refractivity contribution is -0.122. The minimum atomic E-state index is -0.591. The van der Waals surface area contributed by atoms with Crippen LogP contribution in [-0.2, 0) is 9.59 Å². The largest absolute Gasteiger partial charge is 0.344 e. The molecular weight excluding hydrogens is 273 g/mol. The van der Waals surface area contributed by atoms with Crippen LogP contribution >= 0.6 is 0 Å². The van der Waals surface area contributed by atoms with Crippen molar-refractivity contribution in [1.82, 2.24) is 9.88 Å². The van der Waals surface area contributed by atoms with Crippen molar-refractivity contribution in [3.8, 4) is 5.69 Å². The number of carbonyl (C=O) groups excluding carboxylic acids is 2. The summed E-state index contributed by atoms with van der Waals surface area (Å²) in [7, 11) is 0. The van der Waals surface area contributed by atoms with E-state index in [9.17, 15) is 14.0 Å². The Hall–Kier alpha value is -2.63. The maximum Gasteiger partial charge on any atom is 0.247 e. The second-order valence-corrected chi connectivity index (χ2v) is 4.90. The van der Waals surface area contributed by atoms with Crippen LogP contribution in [0, 0.1) is 5.82 Å². The molecule has 2 amide bonds. The fourth-order valence-corrected chi connectivity index (χ4v) is 2.31. The molecule has 3 rings (SSSR count). The van der Waals surface area contributed by atoms with Crippen LogP contribution in [0.2, 0.25) is 0 Å². The summed E-state index contributed by atoms with van der Waals surface area (Å²) in [5, 5.41) is 5.09. The summed E-state index contributed by atoms with van der Waals surface area (Å²) in [6, 6.07) is 7.61. The Morgan fingerprint density at radius 3 is 2.76 bits per heavy atom. The molecule has 0 saturated carbocycles. The lowest BCUT2D eigenvalue weighted by Gasteiger charge is -2.13. The van der Waals surface area contributed by atoms with Gasteiger partial charge >= 0.3 is 0 Å². The fourth-order valence-electron chi connectivity index (χ4n) is 2.31. The Labute approximate surface area is 120 Å². The van der Waals surface area contributed by atoms with Crippen molar-refractivity contribution in [3.05, 3.63) is 48.5 Å². The van der Waals surface area contributed by atoms with Crippen LogP contribution in [0.3, 0.4) is 0 Å². The van der Waals surface area contributed by atoms with Gasteiger partial charge in [-0.2, -0.15) is 0 Å². The van der Waals surface area contributed by atoms with Crippen molar-refractivity contribution >= 4 is 17.5 Å². The molecule has 6 heteroatoms. The van der Waals surface area contributed by atoms with Gasteiger partial charge in [0.25, 0.3) is 0 Å². The molecule has 1 unspecified atom stereocenters. The van der Waals surface area contributed by atoms with Crippen LogP contribution in [-0.4, -0.2) is 22.4 Å². The molecule has 0 radical (unpaired) electrons. The second-order valence-electron chi connectivity index (χ2n) is 4.90. The zero-order valence-corrected chi connectivity index (χ0v) is 11.2. The van der Waals surface area contributed by atoms with E-state index in [4.69, 9.17) is 0 Å². The van der Waals surface area contributed by atoms with Gasteiger partial charge < -0.3 is 15.2 Å². The van der Waals surface area contributed by atoms with E-state index >= 15 is 0 Å². The van der Waals surface area contributed by atoms with Crippen LogP contribution in [0.5, 0.6) is 0 Å². The summed E-state index contributed by atoms with van der Waals surface area (Å²) in [6.07, 6.45) is 4.42. The quantitative estimate of drug-likeness (QED) is 0.904. The normalized spacial score (nSPS) is 17.6. The van der Waals surface area contributed by atoms with Gasteiger partial charge in [-0.25, -0.2) is 4.39 Å². The van der Waals surface area contributed by atoms with Crippen LogP contribution in [0.25, 0.3) is 5.69 Å². The Kier molecular flexibility index (Phi) is 3.43. The highest BCUT2D eigenvalue weighted by Gasteiger charge is 2.27. The summed E-state index contributed by atoms with van der Waals surface area (Å²) >= 11 is 0. The van der Waals surface area contributed by atoms with Crippen molar-refractivity contribution in [2.24, 2.45) is 0 Å². The first-order chi connectivity index (χ1) is 10.1. The molecule has 2 N–H and O–H groups in total. The predicted octanol–water partition coefficient (Wildman–Crippen LogP) is 1.83. The lowest BCUT2D eigenvalue weighted by atomic mass is 10.2. The number of hydrogen-bond donors (Lipinski definition) is 2. The first kappa shape index (κ1) is 13.4. The Morgan fingerprint density at radius 1 is 1.33 bits per heavy atom. The Bertz CT molecular complexity index is 682. The van der Waals surface area contributed by atoms with E-state index in [1.807, 2.05) is 29.1 Å². The highest BCUT2D eigenvalue weighted by atomic mass is 19.1. The van der Waals surface area contributed by atoms with Crippen LogP contribution in [0.1, 0.15) is 12.8 Å². The van der Waals surface area contributed by atoms with Crippen LogP contribution in [0.15, 0.2) is 42.7 Å². The standard InChI is InChI=1S/C15H14FN3O2/c16-11-4-3-10(19-7-1-2-8-19)9-13(11)18-15(21)12-5-6-14(20)17-12/h1-4,7-9,12H,5-6H2,(H,17,20)(H,18,21). The van der Waals surface area contributed by atoms with Gasteiger partial charge in [0.05, 0.1) is 5.69 Å². The molecule has 21 heavy (non-hydrogen) atoms. The maximum atomic E-state index is 13.8. The van der Waals surface area contributed by atoms with Crippen molar-refractivity contribution in [1.29, 1.82) is 0 Å².